The Morgan fingerprint density at radius 3 is 2.54 bits per heavy atom. The molecule has 0 unspecified atom stereocenters. The Morgan fingerprint density at radius 2 is 1.92 bits per heavy atom. The Hall–Kier alpha value is -2.63. The smallest absolute Gasteiger partial charge is 0.253 e. The molecule has 26 heavy (non-hydrogen) atoms. The van der Waals surface area contributed by atoms with Crippen LogP contribution in [-0.4, -0.2) is 34.5 Å². The molecule has 0 bridgehead atoms. The maximum absolute atomic E-state index is 12.6. The minimum atomic E-state index is -3.74. The first-order valence-corrected chi connectivity index (χ1v) is 9.61. The molecule has 1 aromatic heterocycles. The molecule has 0 radical (unpaired) electrons. The van der Waals surface area contributed by atoms with Crippen LogP contribution in [0.5, 0.6) is 0 Å². The van der Waals surface area contributed by atoms with Gasteiger partial charge in [0.25, 0.3) is 5.91 Å². The second-order valence-electron chi connectivity index (χ2n) is 5.29. The summed E-state index contributed by atoms with van der Waals surface area (Å²) in [4.78, 5) is 12.6. The number of rotatable bonds is 5. The number of nitrogens with zero attached hydrogens (tertiary/aromatic N) is 4. The van der Waals surface area contributed by atoms with E-state index in [0.717, 1.165) is 10.0 Å². The van der Waals surface area contributed by atoms with Crippen molar-refractivity contribution in [1.82, 2.24) is 25.5 Å². The van der Waals surface area contributed by atoms with Crippen molar-refractivity contribution in [3.8, 4) is 5.69 Å². The van der Waals surface area contributed by atoms with Gasteiger partial charge in [0.05, 0.1) is 16.1 Å². The maximum Gasteiger partial charge on any atom is 0.253 e. The third kappa shape index (κ3) is 4.12. The molecular weight excluding hydrogens is 424 g/mol. The van der Waals surface area contributed by atoms with Crippen LogP contribution in [0.4, 0.5) is 0 Å². The fourth-order valence-electron chi connectivity index (χ4n) is 2.24. The van der Waals surface area contributed by atoms with E-state index >= 15 is 0 Å². The lowest BCUT2D eigenvalue weighted by molar-refractivity contribution is 0.0950. The highest BCUT2D eigenvalue weighted by molar-refractivity contribution is 9.10. The van der Waals surface area contributed by atoms with Crippen molar-refractivity contribution in [3.63, 3.8) is 0 Å². The van der Waals surface area contributed by atoms with Crippen molar-refractivity contribution in [2.75, 3.05) is 0 Å². The fourth-order valence-corrected chi connectivity index (χ4v) is 3.11. The maximum atomic E-state index is 12.6. The Balaban J connectivity index is 1.78. The zero-order chi connectivity index (χ0) is 18.7. The molecule has 3 aromatic rings. The number of aromatic nitrogens is 4. The van der Waals surface area contributed by atoms with Crippen LogP contribution >= 0.6 is 15.9 Å². The van der Waals surface area contributed by atoms with Gasteiger partial charge in [-0.25, -0.2) is 13.6 Å². The number of carbonyl (C=O) groups excluding carboxylic acids is 1. The van der Waals surface area contributed by atoms with Crippen LogP contribution in [-0.2, 0) is 16.6 Å². The van der Waals surface area contributed by atoms with Gasteiger partial charge < -0.3 is 5.32 Å². The van der Waals surface area contributed by atoms with Gasteiger partial charge in [-0.1, -0.05) is 28.1 Å². The first-order chi connectivity index (χ1) is 12.3. The molecule has 9 nitrogen and oxygen atoms in total. The SMILES string of the molecule is NS(=O)(=O)c1ccc(CNC(=O)c2cc(Br)ccc2-n2cnnn2)cc1. The molecule has 1 heterocycles. The zero-order valence-corrected chi connectivity index (χ0v) is 15.6. The van der Waals surface area contributed by atoms with Gasteiger partial charge in [0.15, 0.2) is 0 Å². The number of halogens is 1. The van der Waals surface area contributed by atoms with E-state index in [1.165, 1.54) is 23.1 Å². The second kappa shape index (κ2) is 7.32. The van der Waals surface area contributed by atoms with Crippen LogP contribution in [0.3, 0.4) is 0 Å². The minimum absolute atomic E-state index is 0.0144. The average Bonchev–Trinajstić information content (AvgIpc) is 3.13. The Bertz CT molecular complexity index is 1040. The first-order valence-electron chi connectivity index (χ1n) is 7.27. The normalized spacial score (nSPS) is 11.3. The second-order valence-corrected chi connectivity index (χ2v) is 7.76. The van der Waals surface area contributed by atoms with E-state index in [1.54, 1.807) is 30.3 Å². The van der Waals surface area contributed by atoms with Crippen molar-refractivity contribution in [2.24, 2.45) is 5.14 Å². The molecule has 134 valence electrons. The monoisotopic (exact) mass is 436 g/mol. The van der Waals surface area contributed by atoms with Crippen LogP contribution in [0.15, 0.2) is 58.2 Å². The van der Waals surface area contributed by atoms with Crippen LogP contribution in [0, 0.1) is 0 Å². The topological polar surface area (TPSA) is 133 Å². The molecule has 0 saturated heterocycles. The third-order valence-electron chi connectivity index (χ3n) is 3.50. The molecule has 11 heteroatoms. The number of hydrogen-bond donors (Lipinski definition) is 2. The van der Waals surface area contributed by atoms with Crippen molar-refractivity contribution < 1.29 is 13.2 Å². The van der Waals surface area contributed by atoms with Crippen molar-refractivity contribution in [2.45, 2.75) is 11.4 Å². The van der Waals surface area contributed by atoms with E-state index in [0.29, 0.717) is 11.3 Å². The van der Waals surface area contributed by atoms with Crippen molar-refractivity contribution in [3.05, 3.63) is 64.4 Å². The summed E-state index contributed by atoms with van der Waals surface area (Å²) in [5, 5.41) is 18.8. The summed E-state index contributed by atoms with van der Waals surface area (Å²) in [6.07, 6.45) is 1.39. The molecule has 0 fully saturated rings. The number of nitrogens with one attached hydrogen (secondary N) is 1. The quantitative estimate of drug-likeness (QED) is 0.612. The molecule has 0 aliphatic rings. The fraction of sp³-hybridized carbons (Fsp3) is 0.0667. The molecule has 3 N–H and O–H groups in total. The third-order valence-corrected chi connectivity index (χ3v) is 4.93. The van der Waals surface area contributed by atoms with E-state index < -0.39 is 10.0 Å². The largest absolute Gasteiger partial charge is 0.348 e. The average molecular weight is 437 g/mol. The van der Waals surface area contributed by atoms with Gasteiger partial charge >= 0.3 is 0 Å². The van der Waals surface area contributed by atoms with Gasteiger partial charge in [-0.15, -0.1) is 5.10 Å². The Morgan fingerprint density at radius 1 is 1.19 bits per heavy atom. The summed E-state index contributed by atoms with van der Waals surface area (Å²) in [5.74, 6) is -0.327. The number of amides is 1. The van der Waals surface area contributed by atoms with Gasteiger partial charge in [-0.2, -0.15) is 4.68 Å². The lowest BCUT2D eigenvalue weighted by Crippen LogP contribution is -2.24. The number of hydrogen-bond acceptors (Lipinski definition) is 6. The van der Waals surface area contributed by atoms with Crippen LogP contribution in [0.25, 0.3) is 5.69 Å². The first kappa shape index (κ1) is 18.2. The zero-order valence-electron chi connectivity index (χ0n) is 13.2. The molecule has 3 rings (SSSR count). The van der Waals surface area contributed by atoms with E-state index in [-0.39, 0.29) is 17.3 Å². The number of primary sulfonamides is 1. The summed E-state index contributed by atoms with van der Waals surface area (Å²) in [6, 6.07) is 11.1. The molecule has 0 aliphatic carbocycles. The molecule has 0 spiro atoms. The Kier molecular flexibility index (Phi) is 5.11. The molecular formula is C15H13BrN6O3S. The summed E-state index contributed by atoms with van der Waals surface area (Å²) in [6.45, 7) is 0.214. The predicted octanol–water partition coefficient (Wildman–Crippen LogP) is 1.00. The van der Waals surface area contributed by atoms with Gasteiger partial charge in [0.2, 0.25) is 10.0 Å². The minimum Gasteiger partial charge on any atom is -0.348 e. The summed E-state index contributed by atoms with van der Waals surface area (Å²) in [7, 11) is -3.74. The van der Waals surface area contributed by atoms with E-state index in [1.807, 2.05) is 0 Å². The molecule has 0 saturated carbocycles. The summed E-state index contributed by atoms with van der Waals surface area (Å²) in [5.41, 5.74) is 1.64. The van der Waals surface area contributed by atoms with Crippen LogP contribution < -0.4 is 10.5 Å². The van der Waals surface area contributed by atoms with E-state index in [2.05, 4.69) is 36.8 Å². The van der Waals surface area contributed by atoms with E-state index in [9.17, 15) is 13.2 Å². The van der Waals surface area contributed by atoms with Gasteiger partial charge in [0.1, 0.15) is 6.33 Å². The van der Waals surface area contributed by atoms with Gasteiger partial charge in [-0.05, 0) is 46.3 Å². The number of nitrogens with two attached hydrogens (primary N) is 1. The van der Waals surface area contributed by atoms with Crippen molar-refractivity contribution in [1.29, 1.82) is 0 Å². The summed E-state index contributed by atoms with van der Waals surface area (Å²) < 4.78 is 24.6. The predicted molar refractivity (Wildman–Crippen MR) is 95.8 cm³/mol. The molecule has 0 aliphatic heterocycles. The molecule has 2 aromatic carbocycles. The summed E-state index contributed by atoms with van der Waals surface area (Å²) >= 11 is 3.34. The Labute approximate surface area is 157 Å². The number of benzene rings is 2. The number of sulfonamides is 1. The van der Waals surface area contributed by atoms with Gasteiger partial charge in [-0.3, -0.25) is 4.79 Å². The highest BCUT2D eigenvalue weighted by Crippen LogP contribution is 2.19. The number of carbonyl (C=O) groups is 1. The lowest BCUT2D eigenvalue weighted by atomic mass is 10.1. The molecule has 1 amide bonds. The van der Waals surface area contributed by atoms with Crippen LogP contribution in [0.2, 0.25) is 0 Å². The molecule has 0 atom stereocenters. The lowest BCUT2D eigenvalue weighted by Gasteiger charge is -2.10. The van der Waals surface area contributed by atoms with E-state index in [4.69, 9.17) is 5.14 Å². The standard InChI is InChI=1S/C15H13BrN6O3S/c16-11-3-6-14(22-9-19-20-21-22)13(7-11)15(23)18-8-10-1-4-12(5-2-10)26(17,24)25/h1-7,9H,8H2,(H,18,23)(H2,17,24,25). The van der Waals surface area contributed by atoms with Crippen LogP contribution in [0.1, 0.15) is 15.9 Å². The van der Waals surface area contributed by atoms with Crippen molar-refractivity contribution >= 4 is 31.9 Å². The highest BCUT2D eigenvalue weighted by atomic mass is 79.9. The number of tetrazole rings is 1. The van der Waals surface area contributed by atoms with Gasteiger partial charge in [0, 0.05) is 11.0 Å². The highest BCUT2D eigenvalue weighted by Gasteiger charge is 2.14.